The number of hydrogen-bond acceptors (Lipinski definition) is 4. The Hall–Kier alpha value is -1.92. The van der Waals surface area contributed by atoms with Crippen LogP contribution in [0.15, 0.2) is 0 Å². The first-order chi connectivity index (χ1) is 8.93. The number of nitrogens with one attached hydrogen (secondary N) is 2. The highest BCUT2D eigenvalue weighted by molar-refractivity contribution is 5.93. The number of carbonyl (C=O) groups is 2. The van der Waals surface area contributed by atoms with Gasteiger partial charge in [-0.05, 0) is 18.8 Å². The third-order valence-corrected chi connectivity index (χ3v) is 2.53. The summed E-state index contributed by atoms with van der Waals surface area (Å²) in [6.45, 7) is 5.79. The van der Waals surface area contributed by atoms with Crippen LogP contribution in [0.4, 0.5) is 0 Å². The van der Waals surface area contributed by atoms with E-state index < -0.39 is 17.9 Å². The normalized spacial score (nSPS) is 12.4. The van der Waals surface area contributed by atoms with Gasteiger partial charge in [-0.1, -0.05) is 20.8 Å². The molecule has 106 valence electrons. The highest BCUT2D eigenvalue weighted by Gasteiger charge is 2.23. The number of aliphatic carboxylic acids is 1. The second kappa shape index (κ2) is 6.86. The predicted molar refractivity (Wildman–Crippen MR) is 68.7 cm³/mol. The summed E-state index contributed by atoms with van der Waals surface area (Å²) in [5, 5.41) is 17.9. The van der Waals surface area contributed by atoms with E-state index in [9.17, 15) is 9.59 Å². The van der Waals surface area contributed by atoms with Gasteiger partial charge in [-0.2, -0.15) is 0 Å². The smallest absolute Gasteiger partial charge is 0.326 e. The van der Waals surface area contributed by atoms with Crippen molar-refractivity contribution < 1.29 is 14.7 Å². The molecule has 0 radical (unpaired) electrons. The first-order valence-corrected chi connectivity index (χ1v) is 6.39. The molecule has 1 aromatic rings. The van der Waals surface area contributed by atoms with E-state index in [4.69, 9.17) is 5.11 Å². The number of carboxylic acids is 1. The van der Waals surface area contributed by atoms with Gasteiger partial charge in [0.2, 0.25) is 5.82 Å². The maximum absolute atomic E-state index is 11.8. The fraction of sp³-hybridized carbons (Fsp3) is 0.667. The summed E-state index contributed by atoms with van der Waals surface area (Å²) in [6.07, 6.45) is 1.96. The summed E-state index contributed by atoms with van der Waals surface area (Å²) >= 11 is 0. The fourth-order valence-electron chi connectivity index (χ4n) is 1.66. The molecule has 0 spiro atoms. The zero-order valence-corrected chi connectivity index (χ0v) is 11.4. The van der Waals surface area contributed by atoms with Gasteiger partial charge in [0.05, 0.1) is 0 Å². The number of H-pyrrole nitrogens is 1. The quantitative estimate of drug-likeness (QED) is 0.683. The third-order valence-electron chi connectivity index (χ3n) is 2.53. The molecular formula is C12H20N4O3. The Morgan fingerprint density at radius 2 is 2.11 bits per heavy atom. The minimum Gasteiger partial charge on any atom is -0.480 e. The number of nitrogens with zero attached hydrogens (tertiary/aromatic N) is 2. The van der Waals surface area contributed by atoms with E-state index in [1.165, 1.54) is 0 Å². The minimum absolute atomic E-state index is 0.0153. The second-order valence-corrected chi connectivity index (χ2v) is 4.85. The monoisotopic (exact) mass is 268 g/mol. The number of rotatable bonds is 7. The van der Waals surface area contributed by atoms with Crippen LogP contribution in [0.5, 0.6) is 0 Å². The molecule has 0 saturated heterocycles. The predicted octanol–water partition coefficient (Wildman–Crippen LogP) is 0.986. The molecule has 0 aliphatic heterocycles. The summed E-state index contributed by atoms with van der Waals surface area (Å²) < 4.78 is 0. The van der Waals surface area contributed by atoms with E-state index in [1.807, 2.05) is 20.8 Å². The average Bonchev–Trinajstić information content (AvgIpc) is 2.76. The number of hydrogen-bond donors (Lipinski definition) is 3. The number of aromatic nitrogens is 3. The van der Waals surface area contributed by atoms with Gasteiger partial charge in [0.25, 0.3) is 5.91 Å². The fourth-order valence-corrected chi connectivity index (χ4v) is 1.66. The van der Waals surface area contributed by atoms with E-state index in [0.29, 0.717) is 18.7 Å². The van der Waals surface area contributed by atoms with Crippen LogP contribution in [0.1, 0.15) is 50.1 Å². The van der Waals surface area contributed by atoms with Gasteiger partial charge in [-0.15, -0.1) is 5.10 Å². The van der Waals surface area contributed by atoms with Gasteiger partial charge in [0, 0.05) is 6.42 Å². The molecule has 7 heteroatoms. The van der Waals surface area contributed by atoms with Crippen LogP contribution in [0, 0.1) is 5.92 Å². The van der Waals surface area contributed by atoms with Crippen molar-refractivity contribution in [2.45, 2.75) is 46.1 Å². The van der Waals surface area contributed by atoms with Crippen molar-refractivity contribution in [3.8, 4) is 0 Å². The van der Waals surface area contributed by atoms with Gasteiger partial charge < -0.3 is 10.4 Å². The maximum Gasteiger partial charge on any atom is 0.326 e. The van der Waals surface area contributed by atoms with Crippen LogP contribution in [0.25, 0.3) is 0 Å². The summed E-state index contributed by atoms with van der Waals surface area (Å²) in [5.41, 5.74) is 0. The number of aromatic amines is 1. The number of amides is 1. The largest absolute Gasteiger partial charge is 0.480 e. The lowest BCUT2D eigenvalue weighted by Crippen LogP contribution is -2.42. The van der Waals surface area contributed by atoms with Gasteiger partial charge in [0.1, 0.15) is 11.9 Å². The highest BCUT2D eigenvalue weighted by atomic mass is 16.4. The van der Waals surface area contributed by atoms with Crippen molar-refractivity contribution >= 4 is 11.9 Å². The molecule has 1 heterocycles. The Bertz CT molecular complexity index is 442. The summed E-state index contributed by atoms with van der Waals surface area (Å²) in [6, 6.07) is -0.916. The number of carbonyl (C=O) groups excluding carboxylic acids is 1. The first kappa shape index (κ1) is 15.1. The Morgan fingerprint density at radius 1 is 1.42 bits per heavy atom. The summed E-state index contributed by atoms with van der Waals surface area (Å²) in [4.78, 5) is 26.9. The topological polar surface area (TPSA) is 108 Å². The van der Waals surface area contributed by atoms with Crippen LogP contribution in [0.3, 0.4) is 0 Å². The van der Waals surface area contributed by atoms with Crippen LogP contribution >= 0.6 is 0 Å². The molecule has 0 bridgehead atoms. The van der Waals surface area contributed by atoms with Gasteiger partial charge in [0.15, 0.2) is 0 Å². The lowest BCUT2D eigenvalue weighted by atomic mass is 10.0. The van der Waals surface area contributed by atoms with E-state index in [2.05, 4.69) is 20.5 Å². The second-order valence-electron chi connectivity index (χ2n) is 4.85. The van der Waals surface area contributed by atoms with E-state index in [1.54, 1.807) is 0 Å². The lowest BCUT2D eigenvalue weighted by Gasteiger charge is -2.15. The Morgan fingerprint density at radius 3 is 2.63 bits per heavy atom. The molecule has 0 aliphatic carbocycles. The first-order valence-electron chi connectivity index (χ1n) is 6.39. The molecule has 0 saturated carbocycles. The highest BCUT2D eigenvalue weighted by Crippen LogP contribution is 2.06. The Kier molecular flexibility index (Phi) is 5.47. The molecular weight excluding hydrogens is 248 g/mol. The van der Waals surface area contributed by atoms with Crippen LogP contribution in [0.2, 0.25) is 0 Å². The lowest BCUT2D eigenvalue weighted by molar-refractivity contribution is -0.139. The third kappa shape index (κ3) is 4.69. The molecule has 3 N–H and O–H groups in total. The van der Waals surface area contributed by atoms with Crippen molar-refractivity contribution in [2.24, 2.45) is 5.92 Å². The molecule has 0 aliphatic rings. The molecule has 1 atom stereocenters. The SMILES string of the molecule is CCCc1nc(C(=O)NC(CC(C)C)C(=O)O)n[nH]1. The number of aryl methyl sites for hydroxylation is 1. The molecule has 1 amide bonds. The zero-order chi connectivity index (χ0) is 14.4. The van der Waals surface area contributed by atoms with Gasteiger partial charge in [-0.3, -0.25) is 9.89 Å². The van der Waals surface area contributed by atoms with Crippen molar-refractivity contribution in [3.63, 3.8) is 0 Å². The van der Waals surface area contributed by atoms with Crippen LogP contribution in [-0.4, -0.2) is 38.2 Å². The molecule has 19 heavy (non-hydrogen) atoms. The molecule has 1 unspecified atom stereocenters. The Labute approximate surface area is 111 Å². The van der Waals surface area contributed by atoms with Gasteiger partial charge >= 0.3 is 5.97 Å². The maximum atomic E-state index is 11.8. The van der Waals surface area contributed by atoms with E-state index >= 15 is 0 Å². The zero-order valence-electron chi connectivity index (χ0n) is 11.4. The molecule has 0 fully saturated rings. The van der Waals surface area contributed by atoms with Crippen molar-refractivity contribution in [1.29, 1.82) is 0 Å². The summed E-state index contributed by atoms with van der Waals surface area (Å²) in [7, 11) is 0. The van der Waals surface area contributed by atoms with Gasteiger partial charge in [-0.25, -0.2) is 9.78 Å². The average molecular weight is 268 g/mol. The van der Waals surface area contributed by atoms with E-state index in [0.717, 1.165) is 6.42 Å². The molecule has 1 rings (SSSR count). The Balaban J connectivity index is 2.67. The molecule has 0 aromatic carbocycles. The van der Waals surface area contributed by atoms with Crippen molar-refractivity contribution in [1.82, 2.24) is 20.5 Å². The molecule has 7 nitrogen and oxygen atoms in total. The standard InChI is InChI=1S/C12H20N4O3/c1-4-5-9-14-10(16-15-9)11(17)13-8(12(18)19)6-7(2)3/h7-8H,4-6H2,1-3H3,(H,13,17)(H,18,19)(H,14,15,16). The number of carboxylic acid groups (broad SMARTS) is 1. The molecule has 1 aromatic heterocycles. The van der Waals surface area contributed by atoms with E-state index in [-0.39, 0.29) is 11.7 Å². The van der Waals surface area contributed by atoms with Crippen molar-refractivity contribution in [3.05, 3.63) is 11.6 Å². The van der Waals surface area contributed by atoms with Crippen molar-refractivity contribution in [2.75, 3.05) is 0 Å². The summed E-state index contributed by atoms with van der Waals surface area (Å²) in [5.74, 6) is -0.830. The van der Waals surface area contributed by atoms with Crippen LogP contribution in [-0.2, 0) is 11.2 Å². The van der Waals surface area contributed by atoms with Crippen LogP contribution < -0.4 is 5.32 Å². The minimum atomic E-state index is -1.05.